The summed E-state index contributed by atoms with van der Waals surface area (Å²) in [7, 11) is 0. The second kappa shape index (κ2) is 22.0. The first-order valence-electron chi connectivity index (χ1n) is 22.1. The van der Waals surface area contributed by atoms with Gasteiger partial charge in [-0.3, -0.25) is 19.2 Å². The summed E-state index contributed by atoms with van der Waals surface area (Å²) < 4.78 is 40.1. The Labute approximate surface area is 411 Å². The molecule has 0 saturated carbocycles. The Bertz CT molecular complexity index is 3230. The van der Waals surface area contributed by atoms with Gasteiger partial charge in [0.25, 0.3) is 11.8 Å². The molecule has 0 spiro atoms. The Kier molecular flexibility index (Phi) is 15.0. The van der Waals surface area contributed by atoms with E-state index in [1.807, 2.05) is 0 Å². The molecule has 0 unspecified atom stereocenters. The maximum atomic E-state index is 13.4. The lowest BCUT2D eigenvalue weighted by atomic mass is 10.1. The van der Waals surface area contributed by atoms with Crippen molar-refractivity contribution in [1.82, 2.24) is 10.6 Å². The summed E-state index contributed by atoms with van der Waals surface area (Å²) in [5, 5.41) is 85.2. The molecular weight excluding hydrogens is 957 g/mol. The molecule has 0 atom stereocenters. The van der Waals surface area contributed by atoms with Gasteiger partial charge in [0, 0.05) is 59.6 Å². The lowest BCUT2D eigenvalue weighted by Gasteiger charge is -2.13. The Morgan fingerprint density at radius 2 is 0.836 bits per heavy atom. The van der Waals surface area contributed by atoms with Crippen molar-refractivity contribution in [3.05, 3.63) is 141 Å². The van der Waals surface area contributed by atoms with Crippen LogP contribution in [0.4, 0.5) is 0 Å². The highest BCUT2D eigenvalue weighted by Gasteiger charge is 2.24. The molecule has 0 aliphatic heterocycles. The van der Waals surface area contributed by atoms with Crippen LogP contribution in [0.3, 0.4) is 0 Å². The molecule has 10 N–H and O–H groups in total. The SMILES string of the molecule is O=C(NCCOCCOc1c(-c2ccc(O)c(O)c2)oc2cc(O)cc(O)c2c1=O)c1ccc(Oc2ccc(C(=O)NCCOCCOc3c(-c4ccc(O)c(O)c4)oc4cc(O)cc(O)c4c3=O)cc2)cc1. The van der Waals surface area contributed by atoms with Crippen molar-refractivity contribution in [2.24, 2.45) is 0 Å². The van der Waals surface area contributed by atoms with Crippen LogP contribution in [-0.2, 0) is 9.47 Å². The highest BCUT2D eigenvalue weighted by molar-refractivity contribution is 5.95. The molecule has 21 nitrogen and oxygen atoms in total. The number of hydrogen-bond acceptors (Lipinski definition) is 19. The van der Waals surface area contributed by atoms with Crippen LogP contribution in [0.5, 0.6) is 69.0 Å². The van der Waals surface area contributed by atoms with Gasteiger partial charge < -0.3 is 84.0 Å². The van der Waals surface area contributed by atoms with Crippen molar-refractivity contribution in [1.29, 1.82) is 0 Å². The zero-order valence-electron chi connectivity index (χ0n) is 38.1. The topological polar surface area (TPSA) is 327 Å². The highest BCUT2D eigenvalue weighted by atomic mass is 16.5. The van der Waals surface area contributed by atoms with Crippen molar-refractivity contribution in [2.45, 2.75) is 0 Å². The van der Waals surface area contributed by atoms with Gasteiger partial charge in [-0.25, -0.2) is 0 Å². The molecule has 8 aromatic rings. The third kappa shape index (κ3) is 11.5. The fourth-order valence-electron chi connectivity index (χ4n) is 7.28. The molecule has 0 aliphatic rings. The Hall–Kier alpha value is -9.60. The number of nitrogens with one attached hydrogen (secondary N) is 2. The molecular formula is C52H44N2O19. The number of fused-ring (bicyclic) bond motifs is 2. The first-order valence-corrected chi connectivity index (χ1v) is 22.1. The predicted octanol–water partition coefficient (Wildman–Crippen LogP) is 6.32. The largest absolute Gasteiger partial charge is 0.508 e. The van der Waals surface area contributed by atoms with Crippen molar-refractivity contribution >= 4 is 33.8 Å². The molecule has 2 aromatic heterocycles. The van der Waals surface area contributed by atoms with E-state index < -0.39 is 45.4 Å². The van der Waals surface area contributed by atoms with Crippen molar-refractivity contribution in [2.75, 3.05) is 52.7 Å². The van der Waals surface area contributed by atoms with Gasteiger partial charge in [-0.2, -0.15) is 0 Å². The normalized spacial score (nSPS) is 11.1. The fourth-order valence-corrected chi connectivity index (χ4v) is 7.28. The summed E-state index contributed by atoms with van der Waals surface area (Å²) in [6, 6.07) is 24.3. The first kappa shape index (κ1) is 49.8. The average Bonchev–Trinajstić information content (AvgIpc) is 3.35. The van der Waals surface area contributed by atoms with Crippen LogP contribution in [0.1, 0.15) is 20.7 Å². The standard InChI is InChI=1S/C52H44N2O19/c55-31-23-39(61)43-41(25-31)72-47(29-5-11-35(57)37(59)21-29)49(45(43)63)69-19-17-67-15-13-53-51(65)27-1-7-33(8-2-27)71-34-9-3-28(4-10-34)52(66)54-14-16-68-18-20-70-50-46(64)44-40(62)24-32(56)26-42(44)73-48(50)30-6-12-36(58)38(60)22-30/h1-12,21-26,55-62H,13-20H2,(H,53,65)(H,54,66). The van der Waals surface area contributed by atoms with Gasteiger partial charge >= 0.3 is 0 Å². The number of aromatic hydroxyl groups is 8. The number of phenols is 8. The van der Waals surface area contributed by atoms with Crippen molar-refractivity contribution in [3.63, 3.8) is 0 Å². The average molecular weight is 1000 g/mol. The van der Waals surface area contributed by atoms with Crippen LogP contribution in [0.2, 0.25) is 0 Å². The smallest absolute Gasteiger partial charge is 0.251 e. The van der Waals surface area contributed by atoms with Gasteiger partial charge in [-0.15, -0.1) is 0 Å². The molecule has 0 aliphatic carbocycles. The summed E-state index contributed by atoms with van der Waals surface area (Å²) in [4.78, 5) is 52.4. The summed E-state index contributed by atoms with van der Waals surface area (Å²) in [5.41, 5.74) is -0.793. The highest BCUT2D eigenvalue weighted by Crippen LogP contribution is 2.40. The molecule has 2 heterocycles. The number of carbonyl (C=O) groups is 2. The number of phenolic OH excluding ortho intramolecular Hbond substituents is 8. The Balaban J connectivity index is 0.745. The molecule has 0 saturated heterocycles. The zero-order valence-corrected chi connectivity index (χ0v) is 38.1. The second-order valence-corrected chi connectivity index (χ2v) is 15.8. The Morgan fingerprint density at radius 1 is 0.438 bits per heavy atom. The van der Waals surface area contributed by atoms with Crippen molar-refractivity contribution in [3.8, 4) is 91.6 Å². The van der Waals surface area contributed by atoms with Crippen molar-refractivity contribution < 1.29 is 83.0 Å². The quantitative estimate of drug-likeness (QED) is 0.0295. The van der Waals surface area contributed by atoms with Gasteiger partial charge in [-0.1, -0.05) is 0 Å². The maximum Gasteiger partial charge on any atom is 0.251 e. The number of rotatable bonds is 20. The minimum Gasteiger partial charge on any atom is -0.508 e. The molecule has 73 heavy (non-hydrogen) atoms. The molecule has 0 bridgehead atoms. The second-order valence-electron chi connectivity index (χ2n) is 15.8. The van der Waals surface area contributed by atoms with Gasteiger partial charge in [0.1, 0.15) is 69.6 Å². The van der Waals surface area contributed by atoms with E-state index in [0.717, 1.165) is 36.4 Å². The van der Waals surface area contributed by atoms with E-state index >= 15 is 0 Å². The number of hydrogen-bond donors (Lipinski definition) is 10. The third-order valence-electron chi connectivity index (χ3n) is 10.8. The molecule has 21 heteroatoms. The van der Waals surface area contributed by atoms with Gasteiger partial charge in [0.05, 0.1) is 26.4 Å². The molecule has 0 radical (unpaired) electrons. The van der Waals surface area contributed by atoms with E-state index in [0.29, 0.717) is 22.6 Å². The van der Waals surface area contributed by atoms with E-state index in [1.165, 1.54) is 24.3 Å². The predicted molar refractivity (Wildman–Crippen MR) is 259 cm³/mol. The fraction of sp³-hybridized carbons (Fsp3) is 0.154. The van der Waals surface area contributed by atoms with E-state index in [2.05, 4.69) is 10.6 Å². The maximum absolute atomic E-state index is 13.4. The number of amides is 2. The van der Waals surface area contributed by atoms with Gasteiger partial charge in [-0.05, 0) is 84.9 Å². The number of benzene rings is 6. The zero-order chi connectivity index (χ0) is 51.8. The Morgan fingerprint density at radius 3 is 1.22 bits per heavy atom. The lowest BCUT2D eigenvalue weighted by molar-refractivity contribution is 0.0860. The van der Waals surface area contributed by atoms with Crippen LogP contribution >= 0.6 is 0 Å². The van der Waals surface area contributed by atoms with Crippen LogP contribution in [-0.4, -0.2) is 105 Å². The summed E-state index contributed by atoms with van der Waals surface area (Å²) in [6.07, 6.45) is 0. The molecule has 8 rings (SSSR count). The lowest BCUT2D eigenvalue weighted by Crippen LogP contribution is -2.27. The van der Waals surface area contributed by atoms with Crippen LogP contribution < -0.4 is 35.7 Å². The van der Waals surface area contributed by atoms with E-state index in [4.69, 9.17) is 32.5 Å². The van der Waals surface area contributed by atoms with Gasteiger partial charge in [0.2, 0.25) is 22.4 Å². The molecule has 6 aromatic carbocycles. The molecule has 376 valence electrons. The van der Waals surface area contributed by atoms with E-state index in [-0.39, 0.29) is 132 Å². The van der Waals surface area contributed by atoms with Crippen LogP contribution in [0.25, 0.3) is 44.6 Å². The summed E-state index contributed by atoms with van der Waals surface area (Å²) in [5.74, 6) is -4.40. The number of carbonyl (C=O) groups excluding carboxylic acids is 2. The minimum absolute atomic E-state index is 0.0259. The van der Waals surface area contributed by atoms with Crippen LogP contribution in [0, 0.1) is 0 Å². The summed E-state index contributed by atoms with van der Waals surface area (Å²) in [6.45, 7) is 0.0449. The molecule has 0 fully saturated rings. The number of ether oxygens (including phenoxy) is 5. The van der Waals surface area contributed by atoms with Gasteiger partial charge in [0.15, 0.2) is 34.5 Å². The van der Waals surface area contributed by atoms with E-state index in [9.17, 15) is 60.0 Å². The third-order valence-corrected chi connectivity index (χ3v) is 10.8. The minimum atomic E-state index is -0.757. The van der Waals surface area contributed by atoms with E-state index in [1.54, 1.807) is 48.5 Å². The molecule has 2 amide bonds. The summed E-state index contributed by atoms with van der Waals surface area (Å²) >= 11 is 0. The first-order chi connectivity index (χ1) is 35.1. The monoisotopic (exact) mass is 1000 g/mol. The van der Waals surface area contributed by atoms with Crippen LogP contribution in [0.15, 0.2) is 128 Å².